The number of likely N-dealkylation sites (tertiary alicyclic amines) is 1. The average molecular weight is 208 g/mol. The Hall–Kier alpha value is -0.940. The Morgan fingerprint density at radius 3 is 2.80 bits per heavy atom. The van der Waals surface area contributed by atoms with Crippen LogP contribution < -0.4 is 0 Å². The molecule has 0 spiro atoms. The summed E-state index contributed by atoms with van der Waals surface area (Å²) in [5.74, 6) is 1.53. The van der Waals surface area contributed by atoms with Gasteiger partial charge in [0.25, 0.3) is 0 Å². The molecule has 0 bridgehead atoms. The fraction of sp³-hybridized carbons (Fsp3) is 0.800. The molecule has 0 atom stereocenters. The predicted molar refractivity (Wildman–Crippen MR) is 54.0 cm³/mol. The topological polar surface area (TPSA) is 54.2 Å². The maximum absolute atomic E-state index is 10.1. The Morgan fingerprint density at radius 1 is 1.53 bits per heavy atom. The second-order valence-electron chi connectivity index (χ2n) is 4.88. The molecule has 3 rings (SSSR count). The van der Waals surface area contributed by atoms with E-state index in [-0.39, 0.29) is 0 Å². The van der Waals surface area contributed by atoms with Gasteiger partial charge >= 0.3 is 0 Å². The molecule has 2 heterocycles. The van der Waals surface area contributed by atoms with Gasteiger partial charge in [0.1, 0.15) is 12.2 Å². The minimum Gasteiger partial charge on any atom is -0.387 e. The van der Waals surface area contributed by atoms with Crippen LogP contribution in [0.4, 0.5) is 0 Å². The van der Waals surface area contributed by atoms with E-state index >= 15 is 0 Å². The molecule has 15 heavy (non-hydrogen) atoms. The van der Waals surface area contributed by atoms with Crippen LogP contribution in [0, 0.1) is 5.92 Å². The maximum atomic E-state index is 10.1. The standard InChI is InChI=1S/C10H16N4O/c1-13-7-11-12-9(13)4-14-5-10(15,6-14)8-2-3-8/h7-8,15H,2-6H2,1H3. The Morgan fingerprint density at radius 2 is 2.27 bits per heavy atom. The van der Waals surface area contributed by atoms with Gasteiger partial charge in [0.15, 0.2) is 0 Å². The number of aromatic nitrogens is 3. The van der Waals surface area contributed by atoms with Gasteiger partial charge in [-0.25, -0.2) is 0 Å². The zero-order valence-corrected chi connectivity index (χ0v) is 8.93. The fourth-order valence-corrected chi connectivity index (χ4v) is 2.37. The van der Waals surface area contributed by atoms with Gasteiger partial charge in [-0.2, -0.15) is 0 Å². The molecule has 0 amide bonds. The van der Waals surface area contributed by atoms with Crippen molar-refractivity contribution in [2.24, 2.45) is 13.0 Å². The van der Waals surface area contributed by atoms with Crippen molar-refractivity contribution >= 4 is 0 Å². The van der Waals surface area contributed by atoms with Crippen LogP contribution >= 0.6 is 0 Å². The summed E-state index contributed by atoms with van der Waals surface area (Å²) < 4.78 is 1.93. The van der Waals surface area contributed by atoms with Crippen LogP contribution in [-0.2, 0) is 13.6 Å². The Kier molecular flexibility index (Phi) is 1.87. The van der Waals surface area contributed by atoms with E-state index in [0.29, 0.717) is 5.92 Å². The van der Waals surface area contributed by atoms with Crippen LogP contribution in [0.3, 0.4) is 0 Å². The fourth-order valence-electron chi connectivity index (χ4n) is 2.37. The van der Waals surface area contributed by atoms with E-state index in [0.717, 1.165) is 25.5 Å². The van der Waals surface area contributed by atoms with Crippen LogP contribution in [0.2, 0.25) is 0 Å². The summed E-state index contributed by atoms with van der Waals surface area (Å²) in [5.41, 5.74) is -0.390. The molecule has 2 fully saturated rings. The van der Waals surface area contributed by atoms with Crippen molar-refractivity contribution in [1.29, 1.82) is 0 Å². The van der Waals surface area contributed by atoms with Gasteiger partial charge in [-0.1, -0.05) is 0 Å². The van der Waals surface area contributed by atoms with Gasteiger partial charge in [-0.3, -0.25) is 4.90 Å². The Bertz CT molecular complexity index is 365. The lowest BCUT2D eigenvalue weighted by molar-refractivity contribution is -0.117. The summed E-state index contributed by atoms with van der Waals surface area (Å²) in [4.78, 5) is 2.22. The molecule has 2 aliphatic rings. The first-order valence-corrected chi connectivity index (χ1v) is 5.45. The highest BCUT2D eigenvalue weighted by atomic mass is 16.3. The summed E-state index contributed by atoms with van der Waals surface area (Å²) in [7, 11) is 1.95. The summed E-state index contributed by atoms with van der Waals surface area (Å²) >= 11 is 0. The first-order valence-electron chi connectivity index (χ1n) is 5.45. The van der Waals surface area contributed by atoms with Crippen molar-refractivity contribution in [2.75, 3.05) is 13.1 Å². The van der Waals surface area contributed by atoms with Crippen LogP contribution in [0.25, 0.3) is 0 Å². The van der Waals surface area contributed by atoms with E-state index in [2.05, 4.69) is 15.1 Å². The smallest absolute Gasteiger partial charge is 0.146 e. The molecule has 5 heteroatoms. The molecule has 1 saturated carbocycles. The molecule has 1 aromatic heterocycles. The summed E-state index contributed by atoms with van der Waals surface area (Å²) in [5, 5.41) is 18.0. The van der Waals surface area contributed by atoms with Crippen molar-refractivity contribution < 1.29 is 5.11 Å². The SMILES string of the molecule is Cn1cnnc1CN1CC(O)(C2CC2)C1. The van der Waals surface area contributed by atoms with E-state index < -0.39 is 5.60 Å². The van der Waals surface area contributed by atoms with Crippen molar-refractivity contribution in [3.8, 4) is 0 Å². The third-order valence-electron chi connectivity index (χ3n) is 3.50. The first kappa shape index (κ1) is 9.30. The van der Waals surface area contributed by atoms with Crippen LogP contribution in [0.5, 0.6) is 0 Å². The average Bonchev–Trinajstić information content (AvgIpc) is 2.91. The highest BCUT2D eigenvalue weighted by Gasteiger charge is 2.51. The molecule has 1 aliphatic heterocycles. The molecule has 5 nitrogen and oxygen atoms in total. The lowest BCUT2D eigenvalue weighted by Gasteiger charge is -2.46. The summed E-state index contributed by atoms with van der Waals surface area (Å²) in [6, 6.07) is 0. The van der Waals surface area contributed by atoms with Gasteiger partial charge < -0.3 is 9.67 Å². The first-order chi connectivity index (χ1) is 7.17. The summed E-state index contributed by atoms with van der Waals surface area (Å²) in [6.07, 6.45) is 4.12. The van der Waals surface area contributed by atoms with Crippen LogP contribution in [-0.4, -0.2) is 43.5 Å². The molecule has 0 radical (unpaired) electrons. The Balaban J connectivity index is 1.57. The monoisotopic (exact) mass is 208 g/mol. The van der Waals surface area contributed by atoms with Gasteiger partial charge in [0, 0.05) is 20.1 Å². The normalized spacial score (nSPS) is 25.2. The van der Waals surface area contributed by atoms with E-state index in [4.69, 9.17) is 0 Å². The quantitative estimate of drug-likeness (QED) is 0.745. The maximum Gasteiger partial charge on any atom is 0.146 e. The van der Waals surface area contributed by atoms with E-state index in [1.54, 1.807) is 6.33 Å². The second-order valence-corrected chi connectivity index (χ2v) is 4.88. The predicted octanol–water partition coefficient (Wildman–Crippen LogP) is -0.228. The van der Waals surface area contributed by atoms with E-state index in [1.165, 1.54) is 12.8 Å². The highest BCUT2D eigenvalue weighted by molar-refractivity contribution is 5.06. The van der Waals surface area contributed by atoms with Gasteiger partial charge in [-0.05, 0) is 18.8 Å². The number of hydrogen-bond acceptors (Lipinski definition) is 4. The minimum atomic E-state index is -0.390. The highest BCUT2D eigenvalue weighted by Crippen LogP contribution is 2.44. The molecule has 1 saturated heterocycles. The zero-order valence-electron chi connectivity index (χ0n) is 8.93. The third kappa shape index (κ3) is 1.55. The van der Waals surface area contributed by atoms with Crippen LogP contribution in [0.15, 0.2) is 6.33 Å². The van der Waals surface area contributed by atoms with Gasteiger partial charge in [0.2, 0.25) is 0 Å². The molecule has 0 unspecified atom stereocenters. The molecule has 1 aliphatic carbocycles. The lowest BCUT2D eigenvalue weighted by Crippen LogP contribution is -2.62. The molecular formula is C10H16N4O. The largest absolute Gasteiger partial charge is 0.387 e. The van der Waals surface area contributed by atoms with Crippen molar-refractivity contribution in [2.45, 2.75) is 25.0 Å². The number of aryl methyl sites for hydroxylation is 1. The van der Waals surface area contributed by atoms with Crippen molar-refractivity contribution in [1.82, 2.24) is 19.7 Å². The van der Waals surface area contributed by atoms with Crippen molar-refractivity contribution in [3.63, 3.8) is 0 Å². The number of nitrogens with zero attached hydrogens (tertiary/aromatic N) is 4. The lowest BCUT2D eigenvalue weighted by atomic mass is 9.89. The number of β-amino-alcohol motifs (C(OH)–C–C–N with tert-alkyl or cyclic N) is 1. The third-order valence-corrected chi connectivity index (χ3v) is 3.50. The number of aliphatic hydroxyl groups is 1. The minimum absolute atomic E-state index is 0.390. The molecule has 0 aromatic carbocycles. The number of rotatable bonds is 3. The zero-order chi connectivity index (χ0) is 10.5. The second kappa shape index (κ2) is 3.02. The molecular weight excluding hydrogens is 192 g/mol. The van der Waals surface area contributed by atoms with E-state index in [9.17, 15) is 5.11 Å². The number of hydrogen-bond donors (Lipinski definition) is 1. The summed E-state index contributed by atoms with van der Waals surface area (Å²) in [6.45, 7) is 2.39. The van der Waals surface area contributed by atoms with Gasteiger partial charge in [0.05, 0.1) is 12.1 Å². The molecule has 82 valence electrons. The van der Waals surface area contributed by atoms with Gasteiger partial charge in [-0.15, -0.1) is 10.2 Å². The van der Waals surface area contributed by atoms with E-state index in [1.807, 2.05) is 11.6 Å². The van der Waals surface area contributed by atoms with Crippen molar-refractivity contribution in [3.05, 3.63) is 12.2 Å². The Labute approximate surface area is 88.7 Å². The van der Waals surface area contributed by atoms with Crippen LogP contribution in [0.1, 0.15) is 18.7 Å². The molecule has 1 N–H and O–H groups in total. The molecule has 1 aromatic rings.